The third-order valence-corrected chi connectivity index (χ3v) is 4.42. The molecule has 0 bridgehead atoms. The van der Waals surface area contributed by atoms with E-state index in [0.717, 1.165) is 36.3 Å². The maximum atomic E-state index is 12.8. The summed E-state index contributed by atoms with van der Waals surface area (Å²) in [5.41, 5.74) is 3.11. The van der Waals surface area contributed by atoms with Crippen molar-refractivity contribution in [2.75, 3.05) is 26.7 Å². The van der Waals surface area contributed by atoms with Gasteiger partial charge in [0, 0.05) is 31.2 Å². The maximum absolute atomic E-state index is 12.8. The molecular weight excluding hydrogens is 248 g/mol. The third-order valence-electron chi connectivity index (χ3n) is 4.42. The maximum Gasteiger partial charge on any atom is 0.179 e. The van der Waals surface area contributed by atoms with Crippen LogP contribution in [0.25, 0.3) is 0 Å². The van der Waals surface area contributed by atoms with Crippen molar-refractivity contribution in [1.82, 2.24) is 9.80 Å². The molecule has 0 radical (unpaired) electrons. The molecule has 1 aliphatic heterocycles. The van der Waals surface area contributed by atoms with E-state index in [1.165, 1.54) is 0 Å². The molecule has 2 atom stereocenters. The normalized spacial score (nSPS) is 22.8. The fourth-order valence-electron chi connectivity index (χ4n) is 3.11. The zero-order valence-electron chi connectivity index (χ0n) is 13.3. The molecule has 0 amide bonds. The first-order valence-corrected chi connectivity index (χ1v) is 7.46. The molecule has 1 aromatic carbocycles. The average molecular weight is 274 g/mol. The Bertz CT molecular complexity index is 498. The highest BCUT2D eigenvalue weighted by atomic mass is 16.1. The monoisotopic (exact) mass is 274 g/mol. The fourth-order valence-corrected chi connectivity index (χ4v) is 3.11. The minimum atomic E-state index is -0.0424. The minimum Gasteiger partial charge on any atom is -0.304 e. The Balaban J connectivity index is 2.18. The van der Waals surface area contributed by atoms with Gasteiger partial charge in [-0.15, -0.1) is 0 Å². The highest BCUT2D eigenvalue weighted by Crippen LogP contribution is 2.19. The summed E-state index contributed by atoms with van der Waals surface area (Å²) in [6, 6.07) is 6.52. The fraction of sp³-hybridized carbons (Fsp3) is 0.588. The van der Waals surface area contributed by atoms with Gasteiger partial charge in [0.15, 0.2) is 5.78 Å². The second-order valence-corrected chi connectivity index (χ2v) is 6.21. The molecule has 2 unspecified atom stereocenters. The summed E-state index contributed by atoms with van der Waals surface area (Å²) in [6.45, 7) is 11.4. The predicted molar refractivity (Wildman–Crippen MR) is 83.4 cm³/mol. The molecule has 1 saturated heterocycles. The van der Waals surface area contributed by atoms with Gasteiger partial charge in [0.1, 0.15) is 0 Å². The molecule has 1 fully saturated rings. The van der Waals surface area contributed by atoms with E-state index in [4.69, 9.17) is 0 Å². The van der Waals surface area contributed by atoms with Crippen molar-refractivity contribution in [3.05, 3.63) is 34.9 Å². The Labute approximate surface area is 122 Å². The lowest BCUT2D eigenvalue weighted by atomic mass is 9.96. The molecular formula is C17H26N2O. The third kappa shape index (κ3) is 3.10. The number of aryl methyl sites for hydroxylation is 2. The van der Waals surface area contributed by atoms with Gasteiger partial charge >= 0.3 is 0 Å². The molecule has 3 nitrogen and oxygen atoms in total. The quantitative estimate of drug-likeness (QED) is 0.791. The van der Waals surface area contributed by atoms with Gasteiger partial charge in [0.05, 0.1) is 6.04 Å². The SMILES string of the molecule is Cc1ccc(C)c(C(=O)C(C)N2CCN(C)CC2C)c1. The standard InChI is InChI=1S/C17H26N2O/c1-12-6-7-13(2)16(10-12)17(20)15(4)19-9-8-18(5)11-14(19)3/h6-7,10,14-15H,8-9,11H2,1-5H3. The van der Waals surface area contributed by atoms with Gasteiger partial charge in [-0.25, -0.2) is 0 Å². The van der Waals surface area contributed by atoms with Gasteiger partial charge in [-0.1, -0.05) is 17.7 Å². The molecule has 0 saturated carbocycles. The van der Waals surface area contributed by atoms with E-state index < -0.39 is 0 Å². The zero-order valence-corrected chi connectivity index (χ0v) is 13.3. The lowest BCUT2D eigenvalue weighted by molar-refractivity contribution is 0.0536. The van der Waals surface area contributed by atoms with E-state index in [0.29, 0.717) is 6.04 Å². The van der Waals surface area contributed by atoms with E-state index in [1.807, 2.05) is 32.9 Å². The van der Waals surface area contributed by atoms with Crippen LogP contribution in [0.1, 0.15) is 35.3 Å². The Kier molecular flexibility index (Phi) is 4.61. The van der Waals surface area contributed by atoms with Gasteiger partial charge in [0.2, 0.25) is 0 Å². The first-order valence-electron chi connectivity index (χ1n) is 7.46. The Morgan fingerprint density at radius 2 is 2.00 bits per heavy atom. The molecule has 1 aliphatic rings. The molecule has 0 aliphatic carbocycles. The number of hydrogen-bond acceptors (Lipinski definition) is 3. The van der Waals surface area contributed by atoms with Crippen molar-refractivity contribution in [1.29, 1.82) is 0 Å². The number of carbonyl (C=O) groups excluding carboxylic acids is 1. The molecule has 110 valence electrons. The van der Waals surface area contributed by atoms with Crippen LogP contribution in [-0.4, -0.2) is 54.3 Å². The summed E-state index contributed by atoms with van der Waals surface area (Å²) in [7, 11) is 2.14. The van der Waals surface area contributed by atoms with Crippen LogP contribution in [0, 0.1) is 13.8 Å². The lowest BCUT2D eigenvalue weighted by Gasteiger charge is -2.41. The number of benzene rings is 1. The van der Waals surface area contributed by atoms with Crippen molar-refractivity contribution in [2.45, 2.75) is 39.8 Å². The van der Waals surface area contributed by atoms with Gasteiger partial charge in [0.25, 0.3) is 0 Å². The van der Waals surface area contributed by atoms with E-state index >= 15 is 0 Å². The second kappa shape index (κ2) is 6.06. The van der Waals surface area contributed by atoms with Gasteiger partial charge < -0.3 is 4.90 Å². The molecule has 0 spiro atoms. The van der Waals surface area contributed by atoms with Crippen LogP contribution in [0.15, 0.2) is 18.2 Å². The summed E-state index contributed by atoms with van der Waals surface area (Å²) in [6.07, 6.45) is 0. The average Bonchev–Trinajstić information content (AvgIpc) is 2.40. The number of nitrogens with zero attached hydrogens (tertiary/aromatic N) is 2. The smallest absolute Gasteiger partial charge is 0.179 e. The van der Waals surface area contributed by atoms with Crippen LogP contribution in [0.4, 0.5) is 0 Å². The zero-order chi connectivity index (χ0) is 14.9. The van der Waals surface area contributed by atoms with E-state index in [-0.39, 0.29) is 11.8 Å². The largest absolute Gasteiger partial charge is 0.304 e. The first kappa shape index (κ1) is 15.2. The van der Waals surface area contributed by atoms with E-state index in [1.54, 1.807) is 0 Å². The summed E-state index contributed by atoms with van der Waals surface area (Å²) >= 11 is 0. The molecule has 2 rings (SSSR count). The van der Waals surface area contributed by atoms with Gasteiger partial charge in [-0.3, -0.25) is 9.69 Å². The Morgan fingerprint density at radius 1 is 1.30 bits per heavy atom. The van der Waals surface area contributed by atoms with Crippen LogP contribution in [-0.2, 0) is 0 Å². The number of Topliss-reactive ketones (excluding diaryl/α,β-unsaturated/α-hetero) is 1. The molecule has 3 heteroatoms. The van der Waals surface area contributed by atoms with Crippen LogP contribution in [0.3, 0.4) is 0 Å². The number of ketones is 1. The summed E-state index contributed by atoms with van der Waals surface area (Å²) in [5, 5.41) is 0. The molecule has 20 heavy (non-hydrogen) atoms. The van der Waals surface area contributed by atoms with Crippen molar-refractivity contribution in [3.63, 3.8) is 0 Å². The Hall–Kier alpha value is -1.19. The molecule has 1 aromatic rings. The number of rotatable bonds is 3. The van der Waals surface area contributed by atoms with Crippen LogP contribution < -0.4 is 0 Å². The summed E-state index contributed by atoms with van der Waals surface area (Å²) < 4.78 is 0. The predicted octanol–water partition coefficient (Wildman–Crippen LogP) is 2.51. The lowest BCUT2D eigenvalue weighted by Crippen LogP contribution is -2.55. The number of hydrogen-bond donors (Lipinski definition) is 0. The molecule has 0 aromatic heterocycles. The Morgan fingerprint density at radius 3 is 2.65 bits per heavy atom. The minimum absolute atomic E-state index is 0.0424. The van der Waals surface area contributed by atoms with Crippen molar-refractivity contribution in [2.24, 2.45) is 0 Å². The summed E-state index contributed by atoms with van der Waals surface area (Å²) in [4.78, 5) is 17.5. The molecule has 1 heterocycles. The highest BCUT2D eigenvalue weighted by molar-refractivity contribution is 6.01. The van der Waals surface area contributed by atoms with Crippen molar-refractivity contribution in [3.8, 4) is 0 Å². The number of piperazine rings is 1. The van der Waals surface area contributed by atoms with Crippen LogP contribution >= 0.6 is 0 Å². The second-order valence-electron chi connectivity index (χ2n) is 6.21. The summed E-state index contributed by atoms with van der Waals surface area (Å²) in [5.74, 6) is 0.252. The van der Waals surface area contributed by atoms with Crippen LogP contribution in [0.5, 0.6) is 0 Å². The topological polar surface area (TPSA) is 23.6 Å². The number of carbonyl (C=O) groups is 1. The number of likely N-dealkylation sites (N-methyl/N-ethyl adjacent to an activating group) is 1. The first-order chi connectivity index (χ1) is 9.40. The molecule has 0 N–H and O–H groups in total. The van der Waals surface area contributed by atoms with Gasteiger partial charge in [-0.05, 0) is 46.4 Å². The van der Waals surface area contributed by atoms with E-state index in [9.17, 15) is 4.79 Å². The highest BCUT2D eigenvalue weighted by Gasteiger charge is 2.30. The van der Waals surface area contributed by atoms with Crippen molar-refractivity contribution >= 4 is 5.78 Å². The van der Waals surface area contributed by atoms with Crippen LogP contribution in [0.2, 0.25) is 0 Å². The van der Waals surface area contributed by atoms with Gasteiger partial charge in [-0.2, -0.15) is 0 Å². The van der Waals surface area contributed by atoms with E-state index in [2.05, 4.69) is 29.8 Å². The van der Waals surface area contributed by atoms with Crippen molar-refractivity contribution < 1.29 is 4.79 Å².